The number of isocyanates is 1. The van der Waals surface area contributed by atoms with Gasteiger partial charge in [-0.05, 0) is 31.0 Å². The van der Waals surface area contributed by atoms with Crippen molar-refractivity contribution in [3.8, 4) is 6.07 Å². The molecule has 0 saturated carbocycles. The minimum atomic E-state index is -3.77. The predicted molar refractivity (Wildman–Crippen MR) is 71.0 cm³/mol. The molecule has 6 nitrogen and oxygen atoms in total. The molecule has 0 radical (unpaired) electrons. The van der Waals surface area contributed by atoms with E-state index in [2.05, 4.69) is 4.99 Å². The number of carbonyl (C=O) groups excluding carboxylic acids is 1. The molecule has 0 aliphatic carbocycles. The van der Waals surface area contributed by atoms with Crippen LogP contribution in [0.15, 0.2) is 28.1 Å². The first-order valence-electron chi connectivity index (χ1n) is 6.26. The maximum absolute atomic E-state index is 13.3. The van der Waals surface area contributed by atoms with Crippen LogP contribution in [0, 0.1) is 17.1 Å². The van der Waals surface area contributed by atoms with Crippen LogP contribution >= 0.6 is 0 Å². The number of nitrogens with zero attached hydrogens (tertiary/aromatic N) is 3. The molecular formula is C13H12FN3O3S. The number of rotatable bonds is 3. The molecule has 1 aromatic rings. The smallest absolute Gasteiger partial charge is 0.211 e. The molecule has 1 fully saturated rings. The Balaban J connectivity index is 2.24. The lowest BCUT2D eigenvalue weighted by atomic mass is 10.1. The highest BCUT2D eigenvalue weighted by Crippen LogP contribution is 2.23. The Labute approximate surface area is 121 Å². The molecule has 1 aliphatic heterocycles. The molecule has 110 valence electrons. The summed E-state index contributed by atoms with van der Waals surface area (Å²) in [6, 6.07) is 4.54. The molecule has 8 heteroatoms. The number of hydrogen-bond donors (Lipinski definition) is 0. The van der Waals surface area contributed by atoms with E-state index in [1.165, 1.54) is 10.4 Å². The molecule has 2 rings (SSSR count). The van der Waals surface area contributed by atoms with Crippen LogP contribution in [-0.4, -0.2) is 37.9 Å². The first-order chi connectivity index (χ1) is 9.98. The van der Waals surface area contributed by atoms with Gasteiger partial charge in [0.05, 0.1) is 16.5 Å². The lowest BCUT2D eigenvalue weighted by Gasteiger charge is -2.28. The molecular weight excluding hydrogens is 297 g/mol. The van der Waals surface area contributed by atoms with Gasteiger partial charge in [0, 0.05) is 13.1 Å². The van der Waals surface area contributed by atoms with Crippen molar-refractivity contribution in [1.29, 1.82) is 5.26 Å². The third kappa shape index (κ3) is 3.16. The molecule has 0 amide bonds. The predicted octanol–water partition coefficient (Wildman–Crippen LogP) is 1.19. The average Bonchev–Trinajstić information content (AvgIpc) is 2.48. The van der Waals surface area contributed by atoms with E-state index in [4.69, 9.17) is 5.26 Å². The number of nitriles is 1. The SMILES string of the molecule is N#Cc1cc(S(=O)(=O)N2CCC(N=C=O)CC2)ccc1F. The summed E-state index contributed by atoms with van der Waals surface area (Å²) in [5.41, 5.74) is -0.309. The summed E-state index contributed by atoms with van der Waals surface area (Å²) in [6.45, 7) is 0.439. The highest BCUT2D eigenvalue weighted by molar-refractivity contribution is 7.89. The molecule has 1 heterocycles. The average molecular weight is 309 g/mol. The van der Waals surface area contributed by atoms with E-state index in [-0.39, 0.29) is 29.6 Å². The molecule has 0 spiro atoms. The van der Waals surface area contributed by atoms with Gasteiger partial charge in [-0.25, -0.2) is 22.6 Å². The molecule has 0 bridgehead atoms. The van der Waals surface area contributed by atoms with Gasteiger partial charge in [-0.2, -0.15) is 9.57 Å². The Kier molecular flexibility index (Phi) is 4.48. The third-order valence-electron chi connectivity index (χ3n) is 3.35. The number of sulfonamides is 1. The fraction of sp³-hybridized carbons (Fsp3) is 0.385. The lowest BCUT2D eigenvalue weighted by Crippen LogP contribution is -2.39. The fourth-order valence-corrected chi connectivity index (χ4v) is 3.68. The molecule has 1 saturated heterocycles. The van der Waals surface area contributed by atoms with Crippen molar-refractivity contribution in [3.63, 3.8) is 0 Å². The number of hydrogen-bond acceptors (Lipinski definition) is 5. The first kappa shape index (κ1) is 15.3. The third-order valence-corrected chi connectivity index (χ3v) is 5.25. The fourth-order valence-electron chi connectivity index (χ4n) is 2.19. The number of piperidine rings is 1. The Morgan fingerprint density at radius 1 is 1.33 bits per heavy atom. The summed E-state index contributed by atoms with van der Waals surface area (Å²) in [5.74, 6) is -0.754. The van der Waals surface area contributed by atoms with Gasteiger partial charge in [0.15, 0.2) is 0 Å². The van der Waals surface area contributed by atoms with Crippen molar-refractivity contribution in [2.45, 2.75) is 23.8 Å². The number of benzene rings is 1. The largest absolute Gasteiger partial charge is 0.243 e. The highest BCUT2D eigenvalue weighted by atomic mass is 32.2. The minimum Gasteiger partial charge on any atom is -0.211 e. The lowest BCUT2D eigenvalue weighted by molar-refractivity contribution is 0.320. The second-order valence-electron chi connectivity index (χ2n) is 4.61. The van der Waals surface area contributed by atoms with E-state index < -0.39 is 15.8 Å². The molecule has 0 unspecified atom stereocenters. The normalized spacial score (nSPS) is 17.0. The number of halogens is 1. The Morgan fingerprint density at radius 2 is 2.00 bits per heavy atom. The summed E-state index contributed by atoms with van der Waals surface area (Å²) >= 11 is 0. The Bertz CT molecular complexity index is 728. The van der Waals surface area contributed by atoms with Crippen molar-refractivity contribution in [3.05, 3.63) is 29.6 Å². The number of aliphatic imine (C=N–C) groups is 1. The van der Waals surface area contributed by atoms with E-state index in [1.54, 1.807) is 6.07 Å². The quantitative estimate of drug-likeness (QED) is 0.619. The first-order valence-corrected chi connectivity index (χ1v) is 7.70. The van der Waals surface area contributed by atoms with Crippen molar-refractivity contribution >= 4 is 16.1 Å². The van der Waals surface area contributed by atoms with Crippen LogP contribution in [0.25, 0.3) is 0 Å². The second kappa shape index (κ2) is 6.14. The van der Waals surface area contributed by atoms with Gasteiger partial charge in [-0.3, -0.25) is 0 Å². The van der Waals surface area contributed by atoms with Crippen LogP contribution in [0.5, 0.6) is 0 Å². The molecule has 0 N–H and O–H groups in total. The molecule has 0 atom stereocenters. The van der Waals surface area contributed by atoms with Crippen molar-refractivity contribution < 1.29 is 17.6 Å². The van der Waals surface area contributed by atoms with Crippen molar-refractivity contribution in [2.75, 3.05) is 13.1 Å². The minimum absolute atomic E-state index is 0.113. The maximum atomic E-state index is 13.3. The van der Waals surface area contributed by atoms with Crippen LogP contribution in [0.1, 0.15) is 18.4 Å². The maximum Gasteiger partial charge on any atom is 0.243 e. The van der Waals surface area contributed by atoms with Crippen LogP contribution in [0.4, 0.5) is 4.39 Å². The summed E-state index contributed by atoms with van der Waals surface area (Å²) < 4.78 is 39.3. The monoisotopic (exact) mass is 309 g/mol. The standard InChI is InChI=1S/C13H12FN3O3S/c14-13-2-1-12(7-10(13)8-15)21(19,20)17-5-3-11(4-6-17)16-9-18/h1-2,7,11H,3-6H2. The summed E-state index contributed by atoms with van der Waals surface area (Å²) in [4.78, 5) is 13.7. The van der Waals surface area contributed by atoms with Gasteiger partial charge < -0.3 is 0 Å². The molecule has 1 aliphatic rings. The highest BCUT2D eigenvalue weighted by Gasteiger charge is 2.29. The van der Waals surface area contributed by atoms with Gasteiger partial charge in [0.2, 0.25) is 16.1 Å². The van der Waals surface area contributed by atoms with E-state index in [0.717, 1.165) is 18.2 Å². The van der Waals surface area contributed by atoms with Crippen LogP contribution < -0.4 is 0 Å². The van der Waals surface area contributed by atoms with Crippen LogP contribution in [0.3, 0.4) is 0 Å². The van der Waals surface area contributed by atoms with Crippen LogP contribution in [-0.2, 0) is 14.8 Å². The van der Waals surface area contributed by atoms with Gasteiger partial charge in [0.25, 0.3) is 0 Å². The van der Waals surface area contributed by atoms with Gasteiger partial charge >= 0.3 is 0 Å². The summed E-state index contributed by atoms with van der Waals surface area (Å²) in [7, 11) is -3.77. The zero-order valence-corrected chi connectivity index (χ0v) is 11.8. The molecule has 21 heavy (non-hydrogen) atoms. The summed E-state index contributed by atoms with van der Waals surface area (Å²) in [5, 5.41) is 8.77. The van der Waals surface area contributed by atoms with Crippen molar-refractivity contribution in [2.24, 2.45) is 4.99 Å². The van der Waals surface area contributed by atoms with E-state index in [1.807, 2.05) is 0 Å². The molecule has 0 aromatic heterocycles. The van der Waals surface area contributed by atoms with Crippen molar-refractivity contribution in [1.82, 2.24) is 4.31 Å². The van der Waals surface area contributed by atoms with E-state index in [0.29, 0.717) is 12.8 Å². The van der Waals surface area contributed by atoms with Gasteiger partial charge in [-0.15, -0.1) is 0 Å². The molecule has 1 aromatic carbocycles. The zero-order valence-electron chi connectivity index (χ0n) is 11.0. The zero-order chi connectivity index (χ0) is 15.5. The topological polar surface area (TPSA) is 90.6 Å². The van der Waals surface area contributed by atoms with E-state index >= 15 is 0 Å². The van der Waals surface area contributed by atoms with E-state index in [9.17, 15) is 17.6 Å². The van der Waals surface area contributed by atoms with Gasteiger partial charge in [0.1, 0.15) is 11.9 Å². The van der Waals surface area contributed by atoms with Crippen LogP contribution in [0.2, 0.25) is 0 Å². The second-order valence-corrected chi connectivity index (χ2v) is 6.55. The Hall–Kier alpha value is -2.07. The summed E-state index contributed by atoms with van der Waals surface area (Å²) in [6.07, 6.45) is 2.34. The van der Waals surface area contributed by atoms with Gasteiger partial charge in [-0.1, -0.05) is 0 Å². The Morgan fingerprint density at radius 3 is 2.57 bits per heavy atom.